The summed E-state index contributed by atoms with van der Waals surface area (Å²) in [5, 5.41) is 18.5. The molecule has 0 bridgehead atoms. The smallest absolute Gasteiger partial charge is 0.123 e. The Morgan fingerprint density at radius 1 is 1.00 bits per heavy atom. The minimum absolute atomic E-state index is 0.100. The number of ether oxygens (including phenoxy) is 1. The number of aliphatic hydroxyl groups is 2. The molecule has 1 heterocycles. The number of piperazine rings is 1. The van der Waals surface area contributed by atoms with E-state index in [-0.39, 0.29) is 13.2 Å². The van der Waals surface area contributed by atoms with Crippen LogP contribution in [0.25, 0.3) is 0 Å². The molecule has 2 aromatic rings. The Hall–Kier alpha value is -2.36. The summed E-state index contributed by atoms with van der Waals surface area (Å²) in [5.41, 5.74) is 3.46. The summed E-state index contributed by atoms with van der Waals surface area (Å²) in [5.74, 6) is 6.99. The van der Waals surface area contributed by atoms with Crippen LogP contribution in [0, 0.1) is 11.8 Å². The molecule has 166 valence electrons. The van der Waals surface area contributed by atoms with Gasteiger partial charge in [0, 0.05) is 62.9 Å². The first kappa shape index (κ1) is 23.3. The maximum absolute atomic E-state index is 9.64. The molecule has 0 spiro atoms. The Morgan fingerprint density at radius 2 is 1.81 bits per heavy atom. The van der Waals surface area contributed by atoms with Gasteiger partial charge in [0.15, 0.2) is 0 Å². The molecule has 0 unspecified atom stereocenters. The molecular weight excluding hydrogens is 388 g/mol. The standard InChI is InChI=1S/C26H34N2O3/c1-2-31-26-9-4-3-8-24(26)20-28-16-15-27(21-25(28)14-18-30)19-23-12-10-22(11-13-23)7-5-6-17-29/h3-4,8-13,25,29-30H,2,6,14-21H2,1H3/t25-/m1/s1. The lowest BCUT2D eigenvalue weighted by molar-refractivity contribution is 0.0494. The fraction of sp³-hybridized carbons (Fsp3) is 0.462. The average Bonchev–Trinajstić information content (AvgIpc) is 2.78. The SMILES string of the molecule is CCOc1ccccc1CN1CCN(Cc2ccc(C#CCCO)cc2)C[C@H]1CCO. The molecule has 5 nitrogen and oxygen atoms in total. The van der Waals surface area contributed by atoms with Gasteiger partial charge in [-0.1, -0.05) is 42.2 Å². The molecule has 2 aromatic carbocycles. The molecule has 1 aliphatic rings. The van der Waals surface area contributed by atoms with Gasteiger partial charge in [-0.25, -0.2) is 0 Å². The number of benzene rings is 2. The molecule has 3 rings (SSSR count). The Balaban J connectivity index is 1.60. The van der Waals surface area contributed by atoms with Crippen LogP contribution in [0.4, 0.5) is 0 Å². The summed E-state index contributed by atoms with van der Waals surface area (Å²) >= 11 is 0. The third-order valence-electron chi connectivity index (χ3n) is 5.63. The highest BCUT2D eigenvalue weighted by Gasteiger charge is 2.27. The van der Waals surface area contributed by atoms with E-state index in [1.54, 1.807) is 0 Å². The molecule has 0 amide bonds. The normalized spacial score (nSPS) is 17.2. The molecule has 2 N–H and O–H groups in total. The van der Waals surface area contributed by atoms with Crippen molar-refractivity contribution >= 4 is 0 Å². The third-order valence-corrected chi connectivity index (χ3v) is 5.63. The number of hydrogen-bond acceptors (Lipinski definition) is 5. The van der Waals surface area contributed by atoms with Crippen LogP contribution in [0.2, 0.25) is 0 Å². The van der Waals surface area contributed by atoms with Gasteiger partial charge >= 0.3 is 0 Å². The molecule has 0 aromatic heterocycles. The highest BCUT2D eigenvalue weighted by atomic mass is 16.5. The van der Waals surface area contributed by atoms with Gasteiger partial charge in [-0.2, -0.15) is 0 Å². The summed E-state index contributed by atoms with van der Waals surface area (Å²) in [6.45, 7) is 7.62. The van der Waals surface area contributed by atoms with E-state index in [9.17, 15) is 5.11 Å². The van der Waals surface area contributed by atoms with Crippen LogP contribution in [0.1, 0.15) is 36.5 Å². The first-order valence-corrected chi connectivity index (χ1v) is 11.2. The lowest BCUT2D eigenvalue weighted by Gasteiger charge is -2.41. The van der Waals surface area contributed by atoms with Crippen LogP contribution in [-0.2, 0) is 13.1 Å². The Kier molecular flexibility index (Phi) is 9.39. The summed E-state index contributed by atoms with van der Waals surface area (Å²) in [6.07, 6.45) is 1.28. The Labute approximate surface area is 186 Å². The van der Waals surface area contributed by atoms with Crippen LogP contribution >= 0.6 is 0 Å². The number of aliphatic hydroxyl groups excluding tert-OH is 2. The fourth-order valence-electron chi connectivity index (χ4n) is 4.05. The lowest BCUT2D eigenvalue weighted by atomic mass is 10.1. The monoisotopic (exact) mass is 422 g/mol. The van der Waals surface area contributed by atoms with E-state index in [2.05, 4.69) is 45.9 Å². The van der Waals surface area contributed by atoms with E-state index in [1.807, 2.05) is 31.2 Å². The lowest BCUT2D eigenvalue weighted by Crippen LogP contribution is -2.52. The summed E-state index contributed by atoms with van der Waals surface area (Å²) in [6, 6.07) is 16.9. The van der Waals surface area contributed by atoms with Gasteiger partial charge in [0.1, 0.15) is 5.75 Å². The number of rotatable bonds is 9. The second kappa shape index (κ2) is 12.5. The van der Waals surface area contributed by atoms with Crippen LogP contribution in [0.5, 0.6) is 5.75 Å². The van der Waals surface area contributed by atoms with Gasteiger partial charge in [0.2, 0.25) is 0 Å². The van der Waals surface area contributed by atoms with E-state index in [4.69, 9.17) is 9.84 Å². The van der Waals surface area contributed by atoms with Crippen LogP contribution < -0.4 is 4.74 Å². The largest absolute Gasteiger partial charge is 0.494 e. The summed E-state index contributed by atoms with van der Waals surface area (Å²) < 4.78 is 5.81. The maximum atomic E-state index is 9.64. The highest BCUT2D eigenvalue weighted by Crippen LogP contribution is 2.24. The van der Waals surface area contributed by atoms with Crippen molar-refractivity contribution in [2.75, 3.05) is 39.5 Å². The van der Waals surface area contributed by atoms with Crippen molar-refractivity contribution in [1.82, 2.24) is 9.80 Å². The molecule has 31 heavy (non-hydrogen) atoms. The Morgan fingerprint density at radius 3 is 2.55 bits per heavy atom. The average molecular weight is 423 g/mol. The zero-order valence-electron chi connectivity index (χ0n) is 18.5. The molecule has 1 fully saturated rings. The zero-order chi connectivity index (χ0) is 21.9. The summed E-state index contributed by atoms with van der Waals surface area (Å²) in [4.78, 5) is 4.95. The van der Waals surface area contributed by atoms with Crippen molar-refractivity contribution < 1.29 is 14.9 Å². The predicted molar refractivity (Wildman–Crippen MR) is 124 cm³/mol. The number of para-hydroxylation sites is 1. The molecule has 0 aliphatic carbocycles. The van der Waals surface area contributed by atoms with E-state index in [0.717, 1.165) is 50.5 Å². The van der Waals surface area contributed by atoms with Crippen molar-refractivity contribution in [3.05, 3.63) is 65.2 Å². The van der Waals surface area contributed by atoms with Crippen LogP contribution in [-0.4, -0.2) is 65.5 Å². The van der Waals surface area contributed by atoms with Crippen LogP contribution in [0.15, 0.2) is 48.5 Å². The van der Waals surface area contributed by atoms with Gasteiger partial charge in [-0.3, -0.25) is 9.80 Å². The second-order valence-corrected chi connectivity index (χ2v) is 7.88. The quantitative estimate of drug-likeness (QED) is 0.609. The highest BCUT2D eigenvalue weighted by molar-refractivity contribution is 5.36. The van der Waals surface area contributed by atoms with E-state index < -0.39 is 0 Å². The zero-order valence-corrected chi connectivity index (χ0v) is 18.5. The first-order chi connectivity index (χ1) is 15.2. The van der Waals surface area contributed by atoms with E-state index >= 15 is 0 Å². The molecule has 0 radical (unpaired) electrons. The predicted octanol–water partition coefficient (Wildman–Crippen LogP) is 2.89. The van der Waals surface area contributed by atoms with Gasteiger partial charge in [-0.15, -0.1) is 0 Å². The van der Waals surface area contributed by atoms with Gasteiger partial charge in [0.25, 0.3) is 0 Å². The topological polar surface area (TPSA) is 56.2 Å². The van der Waals surface area contributed by atoms with Crippen molar-refractivity contribution in [2.24, 2.45) is 0 Å². The molecule has 1 aliphatic heterocycles. The second-order valence-electron chi connectivity index (χ2n) is 7.88. The Bertz CT molecular complexity index is 857. The molecule has 0 saturated carbocycles. The van der Waals surface area contributed by atoms with Crippen molar-refractivity contribution in [3.63, 3.8) is 0 Å². The number of hydrogen-bond donors (Lipinski definition) is 2. The first-order valence-electron chi connectivity index (χ1n) is 11.2. The van der Waals surface area contributed by atoms with Gasteiger partial charge in [0.05, 0.1) is 13.2 Å². The van der Waals surface area contributed by atoms with Gasteiger partial charge in [-0.05, 0) is 37.1 Å². The van der Waals surface area contributed by atoms with Crippen molar-refractivity contribution in [1.29, 1.82) is 0 Å². The molecule has 1 saturated heterocycles. The van der Waals surface area contributed by atoms with Crippen molar-refractivity contribution in [3.8, 4) is 17.6 Å². The van der Waals surface area contributed by atoms with Crippen molar-refractivity contribution in [2.45, 2.75) is 38.9 Å². The maximum Gasteiger partial charge on any atom is 0.123 e. The van der Waals surface area contributed by atoms with E-state index in [1.165, 1.54) is 11.1 Å². The minimum Gasteiger partial charge on any atom is -0.494 e. The minimum atomic E-state index is 0.100. The molecular formula is C26H34N2O3. The molecule has 1 atom stereocenters. The van der Waals surface area contributed by atoms with Gasteiger partial charge < -0.3 is 14.9 Å². The number of nitrogens with zero attached hydrogens (tertiary/aromatic N) is 2. The van der Waals surface area contributed by atoms with Crippen LogP contribution in [0.3, 0.4) is 0 Å². The van der Waals surface area contributed by atoms with E-state index in [0.29, 0.717) is 19.1 Å². The third kappa shape index (κ3) is 7.09. The molecule has 5 heteroatoms. The fourth-order valence-corrected chi connectivity index (χ4v) is 4.05. The summed E-state index contributed by atoms with van der Waals surface area (Å²) in [7, 11) is 0.